The van der Waals surface area contributed by atoms with Crippen molar-refractivity contribution in [3.05, 3.63) is 47.5 Å². The lowest BCUT2D eigenvalue weighted by atomic mass is 9.57. The largest absolute Gasteiger partial charge is 0.365 e. The number of fused-ring (bicyclic) bond motifs is 2. The second-order valence-corrected chi connectivity index (χ2v) is 6.04. The molecule has 3 aliphatic carbocycles. The first-order valence-electron chi connectivity index (χ1n) is 7.50. The third-order valence-electron chi connectivity index (χ3n) is 5.26. The van der Waals surface area contributed by atoms with Gasteiger partial charge >= 0.3 is 0 Å². The van der Waals surface area contributed by atoms with Crippen molar-refractivity contribution in [1.82, 2.24) is 0 Å². The lowest BCUT2D eigenvalue weighted by molar-refractivity contribution is -0.254. The van der Waals surface area contributed by atoms with E-state index >= 15 is 0 Å². The van der Waals surface area contributed by atoms with Crippen LogP contribution < -0.4 is 0 Å². The molecule has 1 saturated carbocycles. The van der Waals surface area contributed by atoms with Gasteiger partial charge in [-0.05, 0) is 25.0 Å². The number of Topliss-reactive ketones (excluding diaryl/α,β-unsaturated/α-hetero) is 1. The van der Waals surface area contributed by atoms with Gasteiger partial charge in [-0.2, -0.15) is 0 Å². The van der Waals surface area contributed by atoms with Crippen molar-refractivity contribution in [2.45, 2.75) is 30.7 Å². The van der Waals surface area contributed by atoms with Crippen LogP contribution in [0.5, 0.6) is 0 Å². The molecule has 0 heterocycles. The van der Waals surface area contributed by atoms with Crippen LogP contribution in [0.4, 0.5) is 0 Å². The maximum atomic E-state index is 13.2. The highest BCUT2D eigenvalue weighted by Gasteiger charge is 2.66. The molecule has 4 nitrogen and oxygen atoms in total. The van der Waals surface area contributed by atoms with Gasteiger partial charge in [0.15, 0.2) is 5.60 Å². The number of carbonyl (C=O) groups excluding carboxylic acids is 1. The first-order chi connectivity index (χ1) is 10.6. The molecule has 0 saturated heterocycles. The quantitative estimate of drug-likeness (QED) is 0.633. The number of rotatable bonds is 4. The molecule has 22 heavy (non-hydrogen) atoms. The predicted molar refractivity (Wildman–Crippen MR) is 82.5 cm³/mol. The fourth-order valence-electron chi connectivity index (χ4n) is 4.16. The molecule has 4 rings (SSSR count). The molecule has 1 fully saturated rings. The average Bonchev–Trinajstić information content (AvgIpc) is 2.57. The minimum absolute atomic E-state index is 0.0293. The van der Waals surface area contributed by atoms with Crippen LogP contribution in [-0.4, -0.2) is 38.5 Å². The number of hydrogen-bond acceptors (Lipinski definition) is 4. The van der Waals surface area contributed by atoms with E-state index < -0.39 is 11.4 Å². The van der Waals surface area contributed by atoms with Gasteiger partial charge in [0.2, 0.25) is 11.6 Å². The third kappa shape index (κ3) is 1.78. The van der Waals surface area contributed by atoms with E-state index in [-0.39, 0.29) is 17.6 Å². The number of ether oxygens (including phenoxy) is 3. The van der Waals surface area contributed by atoms with Crippen molar-refractivity contribution in [3.8, 4) is 0 Å². The van der Waals surface area contributed by atoms with Crippen molar-refractivity contribution in [1.29, 1.82) is 0 Å². The van der Waals surface area contributed by atoms with Crippen LogP contribution in [0.3, 0.4) is 0 Å². The summed E-state index contributed by atoms with van der Waals surface area (Å²) in [5.74, 6) is -1.53. The molecular weight excluding hydrogens is 280 g/mol. The zero-order chi connectivity index (χ0) is 16.0. The highest BCUT2D eigenvalue weighted by atomic mass is 16.7. The van der Waals surface area contributed by atoms with E-state index in [0.29, 0.717) is 0 Å². The fourth-order valence-corrected chi connectivity index (χ4v) is 4.16. The minimum Gasteiger partial charge on any atom is -0.365 e. The molecule has 0 aromatic heterocycles. The molecule has 118 valence electrons. The van der Waals surface area contributed by atoms with E-state index in [1.165, 1.54) is 14.2 Å². The predicted octanol–water partition coefficient (Wildman–Crippen LogP) is 2.69. The maximum absolute atomic E-state index is 13.2. The molecule has 4 heteroatoms. The summed E-state index contributed by atoms with van der Waals surface area (Å²) in [6.45, 7) is 2.01. The van der Waals surface area contributed by atoms with E-state index in [0.717, 1.165) is 17.6 Å². The summed E-state index contributed by atoms with van der Waals surface area (Å²) in [7, 11) is 4.63. The molecule has 0 amide bonds. The molecule has 0 N–H and O–H groups in total. The Morgan fingerprint density at radius 1 is 1.00 bits per heavy atom. The lowest BCUT2D eigenvalue weighted by Gasteiger charge is -2.55. The Hall–Kier alpha value is -1.49. The van der Waals surface area contributed by atoms with Gasteiger partial charge in [-0.1, -0.05) is 35.9 Å². The number of benzene rings is 1. The highest BCUT2D eigenvalue weighted by molar-refractivity contribution is 6.00. The standard InChI is InChI=1S/C18H22O4/c1-12-11-17(20-2)15(13-8-6-5-7-9-13)10-14(12)18(21-3,22-4)16(17)19/h5-9,11,14-15H,10H2,1-4H3/t14-,15-,17+/m1/s1. The van der Waals surface area contributed by atoms with Crippen LogP contribution in [0.15, 0.2) is 42.0 Å². The summed E-state index contributed by atoms with van der Waals surface area (Å²) in [5, 5.41) is 0. The summed E-state index contributed by atoms with van der Waals surface area (Å²) >= 11 is 0. The topological polar surface area (TPSA) is 44.8 Å². The number of carbonyl (C=O) groups is 1. The van der Waals surface area contributed by atoms with Gasteiger partial charge in [-0.25, -0.2) is 0 Å². The van der Waals surface area contributed by atoms with Crippen molar-refractivity contribution in [2.75, 3.05) is 21.3 Å². The zero-order valence-corrected chi connectivity index (χ0v) is 13.5. The first-order valence-corrected chi connectivity index (χ1v) is 7.50. The Morgan fingerprint density at radius 2 is 1.64 bits per heavy atom. The summed E-state index contributed by atoms with van der Waals surface area (Å²) < 4.78 is 16.9. The highest BCUT2D eigenvalue weighted by Crippen LogP contribution is 2.56. The van der Waals surface area contributed by atoms with Crippen LogP contribution in [0.2, 0.25) is 0 Å². The number of hydrogen-bond donors (Lipinski definition) is 0. The van der Waals surface area contributed by atoms with Crippen LogP contribution in [0.25, 0.3) is 0 Å². The van der Waals surface area contributed by atoms with Crippen LogP contribution >= 0.6 is 0 Å². The molecule has 2 bridgehead atoms. The minimum atomic E-state index is -1.25. The second kappa shape index (κ2) is 5.30. The summed E-state index contributed by atoms with van der Waals surface area (Å²) in [4.78, 5) is 13.2. The number of ketones is 1. The molecule has 3 aliphatic rings. The fraction of sp³-hybridized carbons (Fsp3) is 0.500. The van der Waals surface area contributed by atoms with E-state index in [1.54, 1.807) is 7.11 Å². The van der Waals surface area contributed by atoms with Crippen molar-refractivity contribution in [3.63, 3.8) is 0 Å². The van der Waals surface area contributed by atoms with Crippen LogP contribution in [0.1, 0.15) is 24.8 Å². The Bertz CT molecular complexity index is 603. The molecule has 1 aromatic rings. The molecule has 0 radical (unpaired) electrons. The maximum Gasteiger partial charge on any atom is 0.238 e. The summed E-state index contributed by atoms with van der Waals surface area (Å²) in [6.07, 6.45) is 2.71. The SMILES string of the molecule is COC1(OC)C(=O)[C@]2(OC)C=C(C)[C@H]1C[C@@H]2c1ccccc1. The van der Waals surface area contributed by atoms with Gasteiger partial charge in [-0.15, -0.1) is 0 Å². The van der Waals surface area contributed by atoms with Crippen LogP contribution in [-0.2, 0) is 19.0 Å². The summed E-state index contributed by atoms with van der Waals surface area (Å²) in [6, 6.07) is 10.0. The monoisotopic (exact) mass is 302 g/mol. The van der Waals surface area contributed by atoms with Gasteiger partial charge < -0.3 is 14.2 Å². The normalized spacial score (nSPS) is 32.9. The Morgan fingerprint density at radius 3 is 2.18 bits per heavy atom. The Kier molecular flexibility index (Phi) is 3.71. The average molecular weight is 302 g/mol. The first kappa shape index (κ1) is 15.4. The van der Waals surface area contributed by atoms with Gasteiger partial charge in [0.05, 0.1) is 0 Å². The zero-order valence-electron chi connectivity index (χ0n) is 13.5. The Labute approximate surface area is 131 Å². The van der Waals surface area contributed by atoms with Gasteiger partial charge in [0, 0.05) is 33.2 Å². The van der Waals surface area contributed by atoms with Gasteiger partial charge in [-0.3, -0.25) is 4.79 Å². The molecule has 3 atom stereocenters. The molecular formula is C18H22O4. The third-order valence-corrected chi connectivity index (χ3v) is 5.26. The number of methoxy groups -OCH3 is 3. The van der Waals surface area contributed by atoms with Crippen molar-refractivity contribution >= 4 is 5.78 Å². The van der Waals surface area contributed by atoms with Crippen molar-refractivity contribution < 1.29 is 19.0 Å². The Balaban J connectivity index is 2.17. The summed E-state index contributed by atoms with van der Waals surface area (Å²) in [5.41, 5.74) is 1.15. The van der Waals surface area contributed by atoms with E-state index in [9.17, 15) is 4.79 Å². The van der Waals surface area contributed by atoms with Crippen molar-refractivity contribution in [2.24, 2.45) is 5.92 Å². The second-order valence-electron chi connectivity index (χ2n) is 6.04. The van der Waals surface area contributed by atoms with Crippen LogP contribution in [0, 0.1) is 5.92 Å². The molecule has 0 spiro atoms. The van der Waals surface area contributed by atoms with E-state index in [4.69, 9.17) is 14.2 Å². The van der Waals surface area contributed by atoms with Gasteiger partial charge in [0.25, 0.3) is 0 Å². The van der Waals surface area contributed by atoms with E-state index in [2.05, 4.69) is 0 Å². The van der Waals surface area contributed by atoms with Gasteiger partial charge in [0.1, 0.15) is 0 Å². The van der Waals surface area contributed by atoms with E-state index in [1.807, 2.05) is 43.3 Å². The lowest BCUT2D eigenvalue weighted by Crippen LogP contribution is -2.68. The molecule has 1 aromatic carbocycles. The molecule has 0 unspecified atom stereocenters. The smallest absolute Gasteiger partial charge is 0.238 e. The molecule has 0 aliphatic heterocycles.